The van der Waals surface area contributed by atoms with E-state index < -0.39 is 0 Å². The maximum Gasteiger partial charge on any atom is 0.128 e. The zero-order chi connectivity index (χ0) is 9.10. The predicted octanol–water partition coefficient (Wildman–Crippen LogP) is 2.32. The average Bonchev–Trinajstić information content (AvgIpc) is 2.71. The van der Waals surface area contributed by atoms with Gasteiger partial charge in [-0.25, -0.2) is 4.98 Å². The zero-order valence-electron chi connectivity index (χ0n) is 7.74. The van der Waals surface area contributed by atoms with Crippen molar-refractivity contribution in [2.75, 3.05) is 18.0 Å². The SMILES string of the molecule is C=Cc1ccc(N2CCCC2)nc1. The molecule has 2 rings (SSSR count). The summed E-state index contributed by atoms with van der Waals surface area (Å²) >= 11 is 0. The zero-order valence-corrected chi connectivity index (χ0v) is 7.74. The Balaban J connectivity index is 2.16. The van der Waals surface area contributed by atoms with Crippen LogP contribution in [0.5, 0.6) is 0 Å². The van der Waals surface area contributed by atoms with Crippen molar-refractivity contribution in [1.29, 1.82) is 0 Å². The topological polar surface area (TPSA) is 16.1 Å². The molecule has 0 atom stereocenters. The van der Waals surface area contributed by atoms with Crippen molar-refractivity contribution in [3.05, 3.63) is 30.5 Å². The highest BCUT2D eigenvalue weighted by Crippen LogP contribution is 2.17. The highest BCUT2D eigenvalue weighted by atomic mass is 15.2. The lowest BCUT2D eigenvalue weighted by Crippen LogP contribution is -2.18. The second-order valence-electron chi connectivity index (χ2n) is 3.35. The molecule has 0 bridgehead atoms. The van der Waals surface area contributed by atoms with E-state index in [9.17, 15) is 0 Å². The Bertz CT molecular complexity index is 283. The van der Waals surface area contributed by atoms with Crippen molar-refractivity contribution in [1.82, 2.24) is 4.98 Å². The van der Waals surface area contributed by atoms with Crippen molar-refractivity contribution in [2.24, 2.45) is 0 Å². The van der Waals surface area contributed by atoms with Gasteiger partial charge in [-0.05, 0) is 30.5 Å². The molecule has 0 N–H and O–H groups in total. The van der Waals surface area contributed by atoms with Crippen molar-refractivity contribution in [2.45, 2.75) is 12.8 Å². The van der Waals surface area contributed by atoms with Crippen LogP contribution in [0, 0.1) is 0 Å². The van der Waals surface area contributed by atoms with E-state index in [2.05, 4.69) is 28.6 Å². The molecule has 0 amide bonds. The summed E-state index contributed by atoms with van der Waals surface area (Å²) in [5.74, 6) is 1.10. The Morgan fingerprint density at radius 1 is 1.31 bits per heavy atom. The summed E-state index contributed by atoms with van der Waals surface area (Å²) in [4.78, 5) is 6.71. The number of hydrogen-bond donors (Lipinski definition) is 0. The Morgan fingerprint density at radius 2 is 2.08 bits per heavy atom. The van der Waals surface area contributed by atoms with Gasteiger partial charge in [0.15, 0.2) is 0 Å². The summed E-state index contributed by atoms with van der Waals surface area (Å²) < 4.78 is 0. The van der Waals surface area contributed by atoms with Gasteiger partial charge < -0.3 is 4.90 Å². The molecule has 2 heterocycles. The maximum atomic E-state index is 4.39. The number of aromatic nitrogens is 1. The summed E-state index contributed by atoms with van der Waals surface area (Å²) in [6.07, 6.45) is 6.29. The Morgan fingerprint density at radius 3 is 2.62 bits per heavy atom. The lowest BCUT2D eigenvalue weighted by molar-refractivity contribution is 0.937. The van der Waals surface area contributed by atoms with E-state index in [1.807, 2.05) is 12.3 Å². The molecule has 1 fully saturated rings. The van der Waals surface area contributed by atoms with E-state index in [0.717, 1.165) is 24.5 Å². The summed E-state index contributed by atoms with van der Waals surface area (Å²) in [5, 5.41) is 0. The van der Waals surface area contributed by atoms with Crippen LogP contribution < -0.4 is 4.90 Å². The van der Waals surface area contributed by atoms with E-state index in [-0.39, 0.29) is 0 Å². The predicted molar refractivity (Wildman–Crippen MR) is 55.8 cm³/mol. The molecule has 1 aliphatic heterocycles. The van der Waals surface area contributed by atoms with Gasteiger partial charge in [0.25, 0.3) is 0 Å². The molecule has 0 radical (unpaired) electrons. The van der Waals surface area contributed by atoms with Gasteiger partial charge in [-0.3, -0.25) is 0 Å². The summed E-state index contributed by atoms with van der Waals surface area (Å²) in [7, 11) is 0. The number of anilines is 1. The lowest BCUT2D eigenvalue weighted by atomic mass is 10.3. The summed E-state index contributed by atoms with van der Waals surface area (Å²) in [5.41, 5.74) is 1.09. The molecule has 68 valence electrons. The first-order chi connectivity index (χ1) is 6.40. The number of hydrogen-bond acceptors (Lipinski definition) is 2. The minimum atomic E-state index is 1.09. The molecule has 0 aliphatic carbocycles. The van der Waals surface area contributed by atoms with Crippen molar-refractivity contribution in [3.63, 3.8) is 0 Å². The van der Waals surface area contributed by atoms with Crippen LogP contribution in [0.2, 0.25) is 0 Å². The number of nitrogens with zero attached hydrogens (tertiary/aromatic N) is 2. The van der Waals surface area contributed by atoms with Crippen molar-refractivity contribution >= 4 is 11.9 Å². The lowest BCUT2D eigenvalue weighted by Gasteiger charge is -2.15. The fourth-order valence-corrected chi connectivity index (χ4v) is 1.65. The van der Waals surface area contributed by atoms with Crippen LogP contribution in [-0.2, 0) is 0 Å². The van der Waals surface area contributed by atoms with E-state index in [0.29, 0.717) is 0 Å². The Kier molecular flexibility index (Phi) is 2.30. The number of rotatable bonds is 2. The van der Waals surface area contributed by atoms with Crippen LogP contribution >= 0.6 is 0 Å². The number of pyridine rings is 1. The van der Waals surface area contributed by atoms with E-state index >= 15 is 0 Å². The molecule has 1 aromatic heterocycles. The standard InChI is InChI=1S/C11H14N2/c1-2-10-5-6-11(12-9-10)13-7-3-4-8-13/h2,5-6,9H,1,3-4,7-8H2. The Labute approximate surface area is 78.9 Å². The first-order valence-electron chi connectivity index (χ1n) is 4.73. The van der Waals surface area contributed by atoms with Gasteiger partial charge in [-0.2, -0.15) is 0 Å². The van der Waals surface area contributed by atoms with Crippen molar-refractivity contribution in [3.8, 4) is 0 Å². The van der Waals surface area contributed by atoms with E-state index in [4.69, 9.17) is 0 Å². The summed E-state index contributed by atoms with van der Waals surface area (Å²) in [6, 6.07) is 4.13. The average molecular weight is 174 g/mol. The molecule has 1 aliphatic rings. The van der Waals surface area contributed by atoms with Crippen LogP contribution in [0.4, 0.5) is 5.82 Å². The van der Waals surface area contributed by atoms with Crippen LogP contribution in [0.15, 0.2) is 24.9 Å². The highest BCUT2D eigenvalue weighted by molar-refractivity contribution is 5.49. The van der Waals surface area contributed by atoms with Crippen LogP contribution in [0.1, 0.15) is 18.4 Å². The van der Waals surface area contributed by atoms with Crippen molar-refractivity contribution < 1.29 is 0 Å². The molecular formula is C11H14N2. The second kappa shape index (κ2) is 3.60. The Hall–Kier alpha value is -1.31. The molecule has 2 heteroatoms. The van der Waals surface area contributed by atoms with Crippen LogP contribution in [0.3, 0.4) is 0 Å². The molecule has 1 aromatic rings. The van der Waals surface area contributed by atoms with Crippen LogP contribution in [-0.4, -0.2) is 18.1 Å². The first-order valence-corrected chi connectivity index (χ1v) is 4.73. The quantitative estimate of drug-likeness (QED) is 0.684. The van der Waals surface area contributed by atoms with Gasteiger partial charge in [-0.15, -0.1) is 0 Å². The van der Waals surface area contributed by atoms with Crippen LogP contribution in [0.25, 0.3) is 6.08 Å². The molecule has 0 spiro atoms. The fourth-order valence-electron chi connectivity index (χ4n) is 1.65. The fraction of sp³-hybridized carbons (Fsp3) is 0.364. The second-order valence-corrected chi connectivity index (χ2v) is 3.35. The third-order valence-electron chi connectivity index (χ3n) is 2.44. The van der Waals surface area contributed by atoms with Gasteiger partial charge in [0.1, 0.15) is 5.82 Å². The minimum Gasteiger partial charge on any atom is -0.357 e. The van der Waals surface area contributed by atoms with Gasteiger partial charge in [0.2, 0.25) is 0 Å². The molecule has 0 aromatic carbocycles. The van der Waals surface area contributed by atoms with E-state index in [1.54, 1.807) is 0 Å². The molecule has 1 saturated heterocycles. The first kappa shape index (κ1) is 8.30. The monoisotopic (exact) mass is 174 g/mol. The molecule has 0 saturated carbocycles. The molecule has 2 nitrogen and oxygen atoms in total. The largest absolute Gasteiger partial charge is 0.357 e. The molecule has 0 unspecified atom stereocenters. The smallest absolute Gasteiger partial charge is 0.128 e. The van der Waals surface area contributed by atoms with Gasteiger partial charge in [0, 0.05) is 19.3 Å². The summed E-state index contributed by atoms with van der Waals surface area (Å²) in [6.45, 7) is 6.01. The minimum absolute atomic E-state index is 1.09. The third-order valence-corrected chi connectivity index (χ3v) is 2.44. The third kappa shape index (κ3) is 1.72. The highest BCUT2D eigenvalue weighted by Gasteiger charge is 2.12. The van der Waals surface area contributed by atoms with Gasteiger partial charge in [-0.1, -0.05) is 12.7 Å². The normalized spacial score (nSPS) is 16.2. The molecule has 13 heavy (non-hydrogen) atoms. The van der Waals surface area contributed by atoms with E-state index in [1.165, 1.54) is 12.8 Å². The van der Waals surface area contributed by atoms with Gasteiger partial charge in [0.05, 0.1) is 0 Å². The van der Waals surface area contributed by atoms with Gasteiger partial charge >= 0.3 is 0 Å². The molecular weight excluding hydrogens is 160 g/mol. The maximum absolute atomic E-state index is 4.39.